The smallest absolute Gasteiger partial charge is 0.251 e. The van der Waals surface area contributed by atoms with Gasteiger partial charge in [0.1, 0.15) is 6.04 Å². The Kier molecular flexibility index (Phi) is 10.7. The molecule has 9 heteroatoms. The minimum absolute atomic E-state index is 0.0233. The first-order valence-electron chi connectivity index (χ1n) is 12.4. The SMILES string of the molecule is CCCC[C@@H](CC(=O)NO)C(=O)N[C@@H](C(=O)N1CCC(NC(=O)c2ccccc2)CC1)C(C)(C)C. The molecule has 2 atom stereocenters. The third kappa shape index (κ3) is 8.65. The third-order valence-corrected chi connectivity index (χ3v) is 6.41. The highest BCUT2D eigenvalue weighted by molar-refractivity contribution is 5.94. The summed E-state index contributed by atoms with van der Waals surface area (Å²) in [5.74, 6) is -1.90. The van der Waals surface area contributed by atoms with Crippen LogP contribution >= 0.6 is 0 Å². The maximum absolute atomic E-state index is 13.5. The van der Waals surface area contributed by atoms with Crippen molar-refractivity contribution >= 4 is 23.6 Å². The molecule has 194 valence electrons. The average Bonchev–Trinajstić information content (AvgIpc) is 2.84. The molecule has 9 nitrogen and oxygen atoms in total. The average molecular weight is 489 g/mol. The lowest BCUT2D eigenvalue weighted by Gasteiger charge is -2.39. The Morgan fingerprint density at radius 3 is 2.26 bits per heavy atom. The normalized spacial score (nSPS) is 16.2. The molecule has 1 saturated heterocycles. The summed E-state index contributed by atoms with van der Waals surface area (Å²) in [4.78, 5) is 52.4. The van der Waals surface area contributed by atoms with Crippen LogP contribution in [0.3, 0.4) is 0 Å². The standard InChI is InChI=1S/C26H40N4O5/c1-5-6-10-19(17-21(31)29-35)24(33)28-22(26(2,3)4)25(34)30-15-13-20(14-16-30)27-23(32)18-11-8-7-9-12-18/h7-9,11-12,19-20,22,35H,5-6,10,13-17H2,1-4H3,(H,27,32)(H,28,33)(H,29,31)/t19-,22-/m0/s1. The second kappa shape index (κ2) is 13.2. The van der Waals surface area contributed by atoms with Gasteiger partial charge in [0.2, 0.25) is 17.7 Å². The second-order valence-electron chi connectivity index (χ2n) is 10.3. The van der Waals surface area contributed by atoms with E-state index in [0.29, 0.717) is 37.9 Å². The molecule has 0 unspecified atom stereocenters. The third-order valence-electron chi connectivity index (χ3n) is 6.41. The molecule has 0 aromatic heterocycles. The predicted octanol–water partition coefficient (Wildman–Crippen LogP) is 2.64. The van der Waals surface area contributed by atoms with Gasteiger partial charge in [-0.15, -0.1) is 0 Å². The van der Waals surface area contributed by atoms with Gasteiger partial charge in [0.05, 0.1) is 0 Å². The topological polar surface area (TPSA) is 128 Å². The van der Waals surface area contributed by atoms with E-state index in [1.807, 2.05) is 45.9 Å². The van der Waals surface area contributed by atoms with Gasteiger partial charge in [-0.2, -0.15) is 0 Å². The number of nitrogens with zero attached hydrogens (tertiary/aromatic N) is 1. The number of unbranched alkanes of at least 4 members (excludes halogenated alkanes) is 1. The predicted molar refractivity (Wildman–Crippen MR) is 132 cm³/mol. The Labute approximate surface area is 208 Å². The highest BCUT2D eigenvalue weighted by Gasteiger charge is 2.38. The first-order chi connectivity index (χ1) is 16.6. The first kappa shape index (κ1) is 28.3. The summed E-state index contributed by atoms with van der Waals surface area (Å²) in [5, 5.41) is 14.8. The molecule has 0 radical (unpaired) electrons. The number of amides is 4. The van der Waals surface area contributed by atoms with Crippen LogP contribution in [0.25, 0.3) is 0 Å². The zero-order chi connectivity index (χ0) is 26.0. The van der Waals surface area contributed by atoms with Crippen molar-refractivity contribution < 1.29 is 24.4 Å². The summed E-state index contributed by atoms with van der Waals surface area (Å²) in [5.41, 5.74) is 1.65. The minimum atomic E-state index is -0.758. The zero-order valence-corrected chi connectivity index (χ0v) is 21.3. The van der Waals surface area contributed by atoms with Crippen molar-refractivity contribution in [2.24, 2.45) is 11.3 Å². The van der Waals surface area contributed by atoms with Gasteiger partial charge >= 0.3 is 0 Å². The molecule has 4 amide bonds. The Morgan fingerprint density at radius 2 is 1.71 bits per heavy atom. The van der Waals surface area contributed by atoms with Crippen LogP contribution in [0.15, 0.2) is 30.3 Å². The Bertz CT molecular complexity index is 860. The molecule has 1 aromatic rings. The fraction of sp³-hybridized carbons (Fsp3) is 0.615. The summed E-state index contributed by atoms with van der Waals surface area (Å²) in [6.45, 7) is 8.63. The molecular weight excluding hydrogens is 448 g/mol. The highest BCUT2D eigenvalue weighted by Crippen LogP contribution is 2.24. The van der Waals surface area contributed by atoms with E-state index in [9.17, 15) is 19.2 Å². The number of carbonyl (C=O) groups is 4. The molecular formula is C26H40N4O5. The molecule has 1 heterocycles. The van der Waals surface area contributed by atoms with Gasteiger partial charge in [0.15, 0.2) is 0 Å². The number of piperidine rings is 1. The van der Waals surface area contributed by atoms with Gasteiger partial charge in [-0.1, -0.05) is 58.7 Å². The Morgan fingerprint density at radius 1 is 1.09 bits per heavy atom. The molecule has 2 rings (SSSR count). The van der Waals surface area contributed by atoms with Gasteiger partial charge in [-0.05, 0) is 36.8 Å². The van der Waals surface area contributed by atoms with Crippen molar-refractivity contribution in [1.29, 1.82) is 0 Å². The summed E-state index contributed by atoms with van der Waals surface area (Å²) >= 11 is 0. The lowest BCUT2D eigenvalue weighted by Crippen LogP contribution is -2.58. The van der Waals surface area contributed by atoms with Gasteiger partial charge < -0.3 is 15.5 Å². The minimum Gasteiger partial charge on any atom is -0.349 e. The van der Waals surface area contributed by atoms with Gasteiger partial charge in [0, 0.05) is 37.0 Å². The Balaban J connectivity index is 2.00. The van der Waals surface area contributed by atoms with E-state index >= 15 is 0 Å². The number of carbonyl (C=O) groups excluding carboxylic acids is 4. The van der Waals surface area contributed by atoms with Crippen molar-refractivity contribution in [1.82, 2.24) is 21.0 Å². The number of benzene rings is 1. The highest BCUT2D eigenvalue weighted by atomic mass is 16.5. The van der Waals surface area contributed by atoms with E-state index < -0.39 is 23.3 Å². The molecule has 1 aliphatic rings. The molecule has 35 heavy (non-hydrogen) atoms. The molecule has 0 aliphatic carbocycles. The first-order valence-corrected chi connectivity index (χ1v) is 12.4. The van der Waals surface area contributed by atoms with Crippen LogP contribution in [-0.4, -0.2) is 58.9 Å². The number of likely N-dealkylation sites (tertiary alicyclic amines) is 1. The molecule has 4 N–H and O–H groups in total. The van der Waals surface area contributed by atoms with Crippen molar-refractivity contribution in [2.75, 3.05) is 13.1 Å². The summed E-state index contributed by atoms with van der Waals surface area (Å²) < 4.78 is 0. The summed E-state index contributed by atoms with van der Waals surface area (Å²) in [6.07, 6.45) is 3.23. The van der Waals surface area contributed by atoms with Gasteiger partial charge in [-0.25, -0.2) is 5.48 Å². The second-order valence-corrected chi connectivity index (χ2v) is 10.3. The van der Waals surface area contributed by atoms with E-state index in [0.717, 1.165) is 12.8 Å². The fourth-order valence-corrected chi connectivity index (χ4v) is 4.24. The molecule has 1 aromatic carbocycles. The number of hydrogen-bond acceptors (Lipinski definition) is 5. The largest absolute Gasteiger partial charge is 0.349 e. The number of nitrogens with one attached hydrogen (secondary N) is 3. The van der Waals surface area contributed by atoms with Crippen LogP contribution < -0.4 is 16.1 Å². The van der Waals surface area contributed by atoms with E-state index in [4.69, 9.17) is 5.21 Å². The molecule has 1 aliphatic heterocycles. The number of hydrogen-bond donors (Lipinski definition) is 4. The zero-order valence-electron chi connectivity index (χ0n) is 21.3. The van der Waals surface area contributed by atoms with Crippen LogP contribution in [0.4, 0.5) is 0 Å². The van der Waals surface area contributed by atoms with E-state index in [1.54, 1.807) is 22.5 Å². The van der Waals surface area contributed by atoms with Crippen LogP contribution in [0.1, 0.15) is 76.6 Å². The van der Waals surface area contributed by atoms with Crippen LogP contribution in [-0.2, 0) is 14.4 Å². The lowest BCUT2D eigenvalue weighted by atomic mass is 9.84. The summed E-state index contributed by atoms with van der Waals surface area (Å²) in [6, 6.07) is 8.25. The van der Waals surface area contributed by atoms with Crippen molar-refractivity contribution in [3.05, 3.63) is 35.9 Å². The van der Waals surface area contributed by atoms with Crippen molar-refractivity contribution in [3.63, 3.8) is 0 Å². The molecule has 1 fully saturated rings. The Hall–Kier alpha value is -2.94. The molecule has 0 saturated carbocycles. The van der Waals surface area contributed by atoms with E-state index in [1.165, 1.54) is 0 Å². The maximum Gasteiger partial charge on any atom is 0.251 e. The molecule has 0 bridgehead atoms. The number of hydroxylamine groups is 1. The summed E-state index contributed by atoms with van der Waals surface area (Å²) in [7, 11) is 0. The fourth-order valence-electron chi connectivity index (χ4n) is 4.24. The van der Waals surface area contributed by atoms with Crippen molar-refractivity contribution in [3.8, 4) is 0 Å². The molecule has 0 spiro atoms. The van der Waals surface area contributed by atoms with Crippen LogP contribution in [0.5, 0.6) is 0 Å². The quantitative estimate of drug-likeness (QED) is 0.297. The van der Waals surface area contributed by atoms with Crippen LogP contribution in [0, 0.1) is 11.3 Å². The lowest BCUT2D eigenvalue weighted by molar-refractivity contribution is -0.142. The maximum atomic E-state index is 13.5. The monoisotopic (exact) mass is 488 g/mol. The van der Waals surface area contributed by atoms with E-state index in [2.05, 4.69) is 10.6 Å². The van der Waals surface area contributed by atoms with Gasteiger partial charge in [0.25, 0.3) is 5.91 Å². The van der Waals surface area contributed by atoms with Crippen LogP contribution in [0.2, 0.25) is 0 Å². The van der Waals surface area contributed by atoms with E-state index in [-0.39, 0.29) is 30.2 Å². The number of rotatable bonds is 10. The van der Waals surface area contributed by atoms with Gasteiger partial charge in [-0.3, -0.25) is 24.4 Å². The van der Waals surface area contributed by atoms with Crippen molar-refractivity contribution in [2.45, 2.75) is 78.3 Å².